The molecule has 106 valence electrons. The Balaban J connectivity index is 2.48. The Bertz CT molecular complexity index is 301. The van der Waals surface area contributed by atoms with Gasteiger partial charge in [-0.25, -0.2) is 0 Å². The molecule has 8 heteroatoms. The Morgan fingerprint density at radius 2 is 2.28 bits per heavy atom. The van der Waals surface area contributed by atoms with E-state index < -0.39 is 30.1 Å². The van der Waals surface area contributed by atoms with Gasteiger partial charge in [-0.2, -0.15) is 13.2 Å². The fourth-order valence-corrected chi connectivity index (χ4v) is 1.91. The molecule has 0 aliphatic carbocycles. The van der Waals surface area contributed by atoms with Gasteiger partial charge in [-0.15, -0.1) is 0 Å². The summed E-state index contributed by atoms with van der Waals surface area (Å²) in [6, 6.07) is 0. The molecule has 5 nitrogen and oxygen atoms in total. The van der Waals surface area contributed by atoms with Crippen molar-refractivity contribution in [3.63, 3.8) is 0 Å². The number of rotatable bonds is 5. The first-order valence-corrected chi connectivity index (χ1v) is 5.67. The van der Waals surface area contributed by atoms with Gasteiger partial charge < -0.3 is 21.0 Å². The molecule has 1 aliphatic rings. The SMILES string of the molecule is CC1(CNCC(C(N)=NO)C(F)(F)F)CCCO1. The molecule has 2 unspecified atom stereocenters. The Hall–Kier alpha value is -1.02. The fraction of sp³-hybridized carbons (Fsp3) is 0.900. The van der Waals surface area contributed by atoms with Crippen molar-refractivity contribution in [2.24, 2.45) is 16.8 Å². The van der Waals surface area contributed by atoms with Crippen molar-refractivity contribution in [3.8, 4) is 0 Å². The molecule has 2 atom stereocenters. The van der Waals surface area contributed by atoms with Crippen LogP contribution in [-0.2, 0) is 4.74 Å². The number of nitrogens with one attached hydrogen (secondary N) is 1. The first kappa shape index (κ1) is 15.0. The van der Waals surface area contributed by atoms with Gasteiger partial charge in [0.25, 0.3) is 0 Å². The second kappa shape index (κ2) is 5.75. The van der Waals surface area contributed by atoms with E-state index >= 15 is 0 Å². The van der Waals surface area contributed by atoms with E-state index in [2.05, 4.69) is 10.5 Å². The predicted molar refractivity (Wildman–Crippen MR) is 59.4 cm³/mol. The van der Waals surface area contributed by atoms with Crippen LogP contribution in [0.25, 0.3) is 0 Å². The van der Waals surface area contributed by atoms with Crippen LogP contribution in [-0.4, -0.2) is 42.5 Å². The highest BCUT2D eigenvalue weighted by Crippen LogP contribution is 2.27. The third-order valence-electron chi connectivity index (χ3n) is 3.02. The smallest absolute Gasteiger partial charge is 0.400 e. The van der Waals surface area contributed by atoms with Crippen molar-refractivity contribution in [2.45, 2.75) is 31.5 Å². The van der Waals surface area contributed by atoms with Crippen LogP contribution in [0.15, 0.2) is 5.16 Å². The number of halogens is 3. The summed E-state index contributed by atoms with van der Waals surface area (Å²) in [5.74, 6) is -2.83. The summed E-state index contributed by atoms with van der Waals surface area (Å²) in [7, 11) is 0. The zero-order chi connectivity index (χ0) is 13.8. The summed E-state index contributed by atoms with van der Waals surface area (Å²) < 4.78 is 43.3. The van der Waals surface area contributed by atoms with Crippen molar-refractivity contribution < 1.29 is 23.1 Å². The van der Waals surface area contributed by atoms with E-state index in [1.807, 2.05) is 6.92 Å². The van der Waals surface area contributed by atoms with Crippen LogP contribution in [0.5, 0.6) is 0 Å². The van der Waals surface area contributed by atoms with Gasteiger partial charge >= 0.3 is 6.18 Å². The van der Waals surface area contributed by atoms with Crippen molar-refractivity contribution >= 4 is 5.84 Å². The average Bonchev–Trinajstić information content (AvgIpc) is 2.69. The van der Waals surface area contributed by atoms with Gasteiger partial charge in [0.2, 0.25) is 0 Å². The third kappa shape index (κ3) is 4.02. The average molecular weight is 269 g/mol. The highest BCUT2D eigenvalue weighted by Gasteiger charge is 2.43. The summed E-state index contributed by atoms with van der Waals surface area (Å²) in [4.78, 5) is 0. The maximum atomic E-state index is 12.6. The van der Waals surface area contributed by atoms with Crippen LogP contribution in [0.4, 0.5) is 13.2 Å². The van der Waals surface area contributed by atoms with Crippen molar-refractivity contribution in [1.82, 2.24) is 5.32 Å². The van der Waals surface area contributed by atoms with E-state index in [0.717, 1.165) is 12.8 Å². The van der Waals surface area contributed by atoms with Gasteiger partial charge in [0.15, 0.2) is 5.84 Å². The summed E-state index contributed by atoms with van der Waals surface area (Å²) >= 11 is 0. The second-order valence-electron chi connectivity index (χ2n) is 4.65. The first-order chi connectivity index (χ1) is 8.28. The molecular formula is C10H18F3N3O2. The lowest BCUT2D eigenvalue weighted by molar-refractivity contribution is -0.155. The minimum atomic E-state index is -4.54. The lowest BCUT2D eigenvalue weighted by Crippen LogP contribution is -2.46. The number of nitrogens with two attached hydrogens (primary N) is 1. The minimum absolute atomic E-state index is 0.304. The van der Waals surface area contributed by atoms with Crippen molar-refractivity contribution in [2.75, 3.05) is 19.7 Å². The maximum absolute atomic E-state index is 12.6. The number of hydrogen-bond acceptors (Lipinski definition) is 4. The van der Waals surface area contributed by atoms with Gasteiger partial charge in [-0.05, 0) is 19.8 Å². The maximum Gasteiger partial charge on any atom is 0.400 e. The van der Waals surface area contributed by atoms with Gasteiger partial charge in [-0.1, -0.05) is 5.16 Å². The summed E-state index contributed by atoms with van der Waals surface area (Å²) in [5, 5.41) is 13.4. The molecule has 0 aromatic rings. The molecule has 18 heavy (non-hydrogen) atoms. The highest BCUT2D eigenvalue weighted by atomic mass is 19.4. The highest BCUT2D eigenvalue weighted by molar-refractivity contribution is 5.83. The molecule has 0 bridgehead atoms. The number of amidine groups is 1. The van der Waals surface area contributed by atoms with Crippen LogP contribution in [0.3, 0.4) is 0 Å². The topological polar surface area (TPSA) is 79.9 Å². The third-order valence-corrected chi connectivity index (χ3v) is 3.02. The summed E-state index contributed by atoms with van der Waals surface area (Å²) in [5.41, 5.74) is 4.61. The first-order valence-electron chi connectivity index (χ1n) is 5.67. The molecule has 0 spiro atoms. The van der Waals surface area contributed by atoms with E-state index in [9.17, 15) is 13.2 Å². The molecule has 1 aliphatic heterocycles. The van der Waals surface area contributed by atoms with Crippen molar-refractivity contribution in [3.05, 3.63) is 0 Å². The van der Waals surface area contributed by atoms with E-state index in [1.54, 1.807) is 0 Å². The monoisotopic (exact) mass is 269 g/mol. The molecule has 1 fully saturated rings. The lowest BCUT2D eigenvalue weighted by Gasteiger charge is -2.25. The number of hydrogen-bond donors (Lipinski definition) is 3. The van der Waals surface area contributed by atoms with Crippen molar-refractivity contribution in [1.29, 1.82) is 0 Å². The van der Waals surface area contributed by atoms with Gasteiger partial charge in [-0.3, -0.25) is 0 Å². The zero-order valence-corrected chi connectivity index (χ0v) is 10.1. The van der Waals surface area contributed by atoms with E-state index in [1.165, 1.54) is 0 Å². The molecule has 0 radical (unpaired) electrons. The summed E-state index contributed by atoms with van der Waals surface area (Å²) in [6.45, 7) is 2.34. The normalized spacial score (nSPS) is 27.4. The van der Waals surface area contributed by atoms with Crippen LogP contribution in [0, 0.1) is 5.92 Å². The Morgan fingerprint density at radius 3 is 2.72 bits per heavy atom. The zero-order valence-electron chi connectivity index (χ0n) is 10.1. The van der Waals surface area contributed by atoms with Crippen LogP contribution in [0.2, 0.25) is 0 Å². The molecule has 4 N–H and O–H groups in total. The molecule has 0 aromatic carbocycles. The second-order valence-corrected chi connectivity index (χ2v) is 4.65. The van der Waals surface area contributed by atoms with Gasteiger partial charge in [0.05, 0.1) is 5.60 Å². The summed E-state index contributed by atoms with van der Waals surface area (Å²) in [6.07, 6.45) is -2.83. The Kier molecular flexibility index (Phi) is 4.80. The van der Waals surface area contributed by atoms with E-state index in [-0.39, 0.29) is 0 Å². The quantitative estimate of drug-likeness (QED) is 0.302. The molecular weight excluding hydrogens is 251 g/mol. The molecule has 0 amide bonds. The Morgan fingerprint density at radius 1 is 1.61 bits per heavy atom. The van der Waals surface area contributed by atoms with Crippen LogP contribution < -0.4 is 11.1 Å². The number of alkyl halides is 3. The molecule has 0 saturated carbocycles. The number of oxime groups is 1. The Labute approximate surface area is 103 Å². The van der Waals surface area contributed by atoms with Gasteiger partial charge in [0, 0.05) is 19.7 Å². The fourth-order valence-electron chi connectivity index (χ4n) is 1.91. The largest absolute Gasteiger partial charge is 0.409 e. The van der Waals surface area contributed by atoms with Gasteiger partial charge in [0.1, 0.15) is 5.92 Å². The van der Waals surface area contributed by atoms with Crippen LogP contribution in [0.1, 0.15) is 19.8 Å². The standard InChI is InChI=1S/C10H18F3N3O2/c1-9(3-2-4-18-9)6-15-5-7(8(14)16-17)10(11,12)13/h7,15,17H,2-6H2,1H3,(H2,14,16). The predicted octanol–water partition coefficient (Wildman–Crippen LogP) is 1.07. The molecule has 1 rings (SSSR count). The minimum Gasteiger partial charge on any atom is -0.409 e. The number of ether oxygens (including phenoxy) is 1. The molecule has 1 saturated heterocycles. The van der Waals surface area contributed by atoms with E-state index in [4.69, 9.17) is 15.7 Å². The molecule has 1 heterocycles. The van der Waals surface area contributed by atoms with Crippen LogP contribution >= 0.6 is 0 Å². The molecule has 0 aromatic heterocycles. The van der Waals surface area contributed by atoms with E-state index in [0.29, 0.717) is 13.2 Å². The lowest BCUT2D eigenvalue weighted by atomic mass is 10.0. The number of nitrogens with zero attached hydrogens (tertiary/aromatic N) is 1.